The van der Waals surface area contributed by atoms with Crippen LogP contribution in [0.25, 0.3) is 10.9 Å². The van der Waals surface area contributed by atoms with Crippen LogP contribution in [0.1, 0.15) is 16.1 Å². The first-order valence-electron chi connectivity index (χ1n) is 9.96. The van der Waals surface area contributed by atoms with Gasteiger partial charge in [0.15, 0.2) is 6.61 Å². The molecule has 1 fully saturated rings. The van der Waals surface area contributed by atoms with Gasteiger partial charge in [-0.2, -0.15) is 0 Å². The molecule has 0 spiro atoms. The van der Waals surface area contributed by atoms with E-state index in [2.05, 4.69) is 10.3 Å². The normalized spacial score (nSPS) is 13.8. The van der Waals surface area contributed by atoms with E-state index in [-0.39, 0.29) is 18.4 Å². The quantitative estimate of drug-likeness (QED) is 0.682. The minimum Gasteiger partial charge on any atom is -0.484 e. The third-order valence-corrected chi connectivity index (χ3v) is 4.98. The topological polar surface area (TPSA) is 80.8 Å². The molecule has 0 saturated carbocycles. The Kier molecular flexibility index (Phi) is 6.08. The summed E-state index contributed by atoms with van der Waals surface area (Å²) in [5, 5.41) is 3.26. The van der Waals surface area contributed by atoms with E-state index in [9.17, 15) is 14.0 Å². The van der Waals surface area contributed by atoms with E-state index in [0.717, 1.165) is 0 Å². The smallest absolute Gasteiger partial charge is 0.260 e. The van der Waals surface area contributed by atoms with Crippen molar-refractivity contribution in [3.63, 3.8) is 0 Å². The van der Waals surface area contributed by atoms with E-state index in [1.807, 2.05) is 0 Å². The molecule has 4 rings (SSSR count). The number of amides is 2. The zero-order valence-electron chi connectivity index (χ0n) is 17.1. The number of aryl methyl sites for hydroxylation is 1. The molecule has 1 aliphatic rings. The van der Waals surface area contributed by atoms with Gasteiger partial charge in [0, 0.05) is 29.9 Å². The second-order valence-corrected chi connectivity index (χ2v) is 7.23. The summed E-state index contributed by atoms with van der Waals surface area (Å²) >= 11 is 0. The van der Waals surface area contributed by atoms with Gasteiger partial charge in [-0.15, -0.1) is 0 Å². The molecule has 1 saturated heterocycles. The summed E-state index contributed by atoms with van der Waals surface area (Å²) in [6.45, 7) is 3.95. The maximum Gasteiger partial charge on any atom is 0.260 e. The van der Waals surface area contributed by atoms with Crippen LogP contribution in [-0.2, 0) is 9.53 Å². The minimum atomic E-state index is -0.430. The molecule has 0 unspecified atom stereocenters. The standard InChI is InChI=1S/C23H22FN3O4/c1-15-12-20(19-13-16(24)2-7-21(19)25-15)23(29)26-17-3-5-18(6-4-17)31-14-22(28)27-8-10-30-11-9-27/h2-7,12-13H,8-11,14H2,1H3,(H,26,29). The molecule has 1 aromatic heterocycles. The Bertz CT molecular complexity index is 1110. The number of halogens is 1. The zero-order chi connectivity index (χ0) is 21.8. The van der Waals surface area contributed by atoms with E-state index in [1.165, 1.54) is 12.1 Å². The number of morpholine rings is 1. The van der Waals surface area contributed by atoms with Crippen molar-refractivity contribution in [2.24, 2.45) is 0 Å². The van der Waals surface area contributed by atoms with Crippen molar-refractivity contribution in [3.8, 4) is 5.75 Å². The Labute approximate surface area is 178 Å². The number of anilines is 1. The molecule has 0 bridgehead atoms. The van der Waals surface area contributed by atoms with Gasteiger partial charge in [0.1, 0.15) is 11.6 Å². The molecule has 0 atom stereocenters. The lowest BCUT2D eigenvalue weighted by atomic mass is 10.1. The van der Waals surface area contributed by atoms with Crippen LogP contribution in [0.4, 0.5) is 10.1 Å². The Morgan fingerprint density at radius 1 is 1.13 bits per heavy atom. The number of aromatic nitrogens is 1. The number of nitrogens with zero attached hydrogens (tertiary/aromatic N) is 2. The number of hydrogen-bond acceptors (Lipinski definition) is 5. The summed E-state index contributed by atoms with van der Waals surface area (Å²) in [7, 11) is 0. The van der Waals surface area contributed by atoms with Crippen LogP contribution in [0.2, 0.25) is 0 Å². The molecule has 3 aromatic rings. The van der Waals surface area contributed by atoms with E-state index >= 15 is 0 Å². The molecule has 0 radical (unpaired) electrons. The molecule has 2 aromatic carbocycles. The highest BCUT2D eigenvalue weighted by molar-refractivity contribution is 6.12. The van der Waals surface area contributed by atoms with Crippen molar-refractivity contribution in [3.05, 3.63) is 65.6 Å². The van der Waals surface area contributed by atoms with Crippen molar-refractivity contribution < 1.29 is 23.5 Å². The van der Waals surface area contributed by atoms with Crippen LogP contribution in [0.5, 0.6) is 5.75 Å². The van der Waals surface area contributed by atoms with Crippen molar-refractivity contribution >= 4 is 28.4 Å². The maximum atomic E-state index is 13.7. The number of ether oxygens (including phenoxy) is 2. The van der Waals surface area contributed by atoms with Crippen LogP contribution in [0.3, 0.4) is 0 Å². The van der Waals surface area contributed by atoms with Gasteiger partial charge in [-0.05, 0) is 55.5 Å². The van der Waals surface area contributed by atoms with Crippen molar-refractivity contribution in [1.82, 2.24) is 9.88 Å². The summed E-state index contributed by atoms with van der Waals surface area (Å²) in [6.07, 6.45) is 0. The van der Waals surface area contributed by atoms with Gasteiger partial charge < -0.3 is 19.7 Å². The van der Waals surface area contributed by atoms with Crippen LogP contribution in [0.15, 0.2) is 48.5 Å². The van der Waals surface area contributed by atoms with E-state index in [1.54, 1.807) is 48.2 Å². The third-order valence-electron chi connectivity index (χ3n) is 4.98. The highest BCUT2D eigenvalue weighted by atomic mass is 19.1. The van der Waals surface area contributed by atoms with E-state index in [0.29, 0.717) is 59.9 Å². The Hall–Kier alpha value is -3.52. The number of benzene rings is 2. The van der Waals surface area contributed by atoms with E-state index < -0.39 is 5.82 Å². The first-order chi connectivity index (χ1) is 15.0. The number of carbonyl (C=O) groups is 2. The monoisotopic (exact) mass is 423 g/mol. The van der Waals surface area contributed by atoms with Gasteiger partial charge in [0.05, 0.1) is 24.3 Å². The maximum absolute atomic E-state index is 13.7. The molecule has 160 valence electrons. The molecular weight excluding hydrogens is 401 g/mol. The van der Waals surface area contributed by atoms with Crippen LogP contribution < -0.4 is 10.1 Å². The Balaban J connectivity index is 1.41. The lowest BCUT2D eigenvalue weighted by Crippen LogP contribution is -2.42. The van der Waals surface area contributed by atoms with E-state index in [4.69, 9.17) is 9.47 Å². The van der Waals surface area contributed by atoms with Crippen molar-refractivity contribution in [1.29, 1.82) is 0 Å². The van der Waals surface area contributed by atoms with Crippen molar-refractivity contribution in [2.75, 3.05) is 38.2 Å². The third kappa shape index (κ3) is 4.97. The fourth-order valence-electron chi connectivity index (χ4n) is 3.40. The lowest BCUT2D eigenvalue weighted by molar-refractivity contribution is -0.137. The van der Waals surface area contributed by atoms with Gasteiger partial charge in [0.2, 0.25) is 0 Å². The van der Waals surface area contributed by atoms with Gasteiger partial charge >= 0.3 is 0 Å². The summed E-state index contributed by atoms with van der Waals surface area (Å²) in [5.41, 5.74) is 2.12. The van der Waals surface area contributed by atoms with Gasteiger partial charge in [-0.3, -0.25) is 14.6 Å². The minimum absolute atomic E-state index is 0.0560. The average Bonchev–Trinajstić information content (AvgIpc) is 2.78. The first-order valence-corrected chi connectivity index (χ1v) is 9.96. The molecular formula is C23H22FN3O4. The molecule has 7 nitrogen and oxygen atoms in total. The molecule has 2 amide bonds. The molecule has 1 aliphatic heterocycles. The SMILES string of the molecule is Cc1cc(C(=O)Nc2ccc(OCC(=O)N3CCOCC3)cc2)c2cc(F)ccc2n1. The zero-order valence-corrected chi connectivity index (χ0v) is 17.1. The fourth-order valence-corrected chi connectivity index (χ4v) is 3.40. The summed E-state index contributed by atoms with van der Waals surface area (Å²) in [5.74, 6) is -0.364. The summed E-state index contributed by atoms with van der Waals surface area (Å²) < 4.78 is 24.5. The number of fused-ring (bicyclic) bond motifs is 1. The number of carbonyl (C=O) groups excluding carboxylic acids is 2. The summed E-state index contributed by atoms with van der Waals surface area (Å²) in [6, 6.07) is 12.5. The summed E-state index contributed by atoms with van der Waals surface area (Å²) in [4.78, 5) is 31.0. The van der Waals surface area contributed by atoms with Crippen LogP contribution >= 0.6 is 0 Å². The fraction of sp³-hybridized carbons (Fsp3) is 0.261. The average molecular weight is 423 g/mol. The second kappa shape index (κ2) is 9.09. The number of hydrogen-bond donors (Lipinski definition) is 1. The predicted molar refractivity (Wildman–Crippen MR) is 114 cm³/mol. The highest BCUT2D eigenvalue weighted by Gasteiger charge is 2.17. The van der Waals surface area contributed by atoms with Gasteiger partial charge in [-0.1, -0.05) is 0 Å². The first kappa shape index (κ1) is 20.7. The number of nitrogens with one attached hydrogen (secondary N) is 1. The highest BCUT2D eigenvalue weighted by Crippen LogP contribution is 2.22. The molecule has 31 heavy (non-hydrogen) atoms. The van der Waals surface area contributed by atoms with Gasteiger partial charge in [0.25, 0.3) is 11.8 Å². The van der Waals surface area contributed by atoms with Crippen LogP contribution in [0, 0.1) is 12.7 Å². The largest absolute Gasteiger partial charge is 0.484 e. The lowest BCUT2D eigenvalue weighted by Gasteiger charge is -2.26. The predicted octanol–water partition coefficient (Wildman–Crippen LogP) is 3.17. The van der Waals surface area contributed by atoms with Crippen LogP contribution in [-0.4, -0.2) is 54.6 Å². The molecule has 1 N–H and O–H groups in total. The molecule has 0 aliphatic carbocycles. The Morgan fingerprint density at radius 3 is 2.61 bits per heavy atom. The second-order valence-electron chi connectivity index (χ2n) is 7.23. The number of pyridine rings is 1. The molecule has 8 heteroatoms. The van der Waals surface area contributed by atoms with Gasteiger partial charge in [-0.25, -0.2) is 4.39 Å². The van der Waals surface area contributed by atoms with Crippen molar-refractivity contribution in [2.45, 2.75) is 6.92 Å². The molecule has 2 heterocycles. The Morgan fingerprint density at radius 2 is 1.87 bits per heavy atom. The number of rotatable bonds is 5.